The molecule has 0 aliphatic carbocycles. The van der Waals surface area contributed by atoms with Crippen LogP contribution in [-0.2, 0) is 0 Å². The van der Waals surface area contributed by atoms with Gasteiger partial charge < -0.3 is 5.73 Å². The minimum absolute atomic E-state index is 0.0133. The molecule has 18 heavy (non-hydrogen) atoms. The number of aryl methyl sites for hydroxylation is 1. The van der Waals surface area contributed by atoms with Crippen molar-refractivity contribution < 1.29 is 0 Å². The zero-order valence-corrected chi connectivity index (χ0v) is 12.9. The average Bonchev–Trinajstić information content (AvgIpc) is 2.57. The SMILES string of the molecule is Cc1nn(-c2ccc([C@@H](C)N)cc2Br)c(C)c1Cl. The van der Waals surface area contributed by atoms with E-state index in [1.807, 2.05) is 43.7 Å². The molecular weight excluding hydrogens is 314 g/mol. The second kappa shape index (κ2) is 5.03. The third kappa shape index (κ3) is 2.32. The molecule has 96 valence electrons. The molecule has 1 atom stereocenters. The Morgan fingerprint density at radius 2 is 2.06 bits per heavy atom. The van der Waals surface area contributed by atoms with Gasteiger partial charge in [0.25, 0.3) is 0 Å². The Morgan fingerprint density at radius 3 is 2.50 bits per heavy atom. The van der Waals surface area contributed by atoms with Gasteiger partial charge in [-0.15, -0.1) is 0 Å². The first-order valence-corrected chi connectivity index (χ1v) is 6.86. The normalized spacial score (nSPS) is 12.8. The number of hydrogen-bond donors (Lipinski definition) is 1. The van der Waals surface area contributed by atoms with E-state index in [4.69, 9.17) is 17.3 Å². The van der Waals surface area contributed by atoms with E-state index >= 15 is 0 Å². The van der Waals surface area contributed by atoms with Crippen LogP contribution in [0.4, 0.5) is 0 Å². The smallest absolute Gasteiger partial charge is 0.0848 e. The van der Waals surface area contributed by atoms with Gasteiger partial charge >= 0.3 is 0 Å². The molecule has 0 aliphatic rings. The number of benzene rings is 1. The van der Waals surface area contributed by atoms with Crippen molar-refractivity contribution in [3.05, 3.63) is 44.6 Å². The quantitative estimate of drug-likeness (QED) is 0.908. The predicted molar refractivity (Wildman–Crippen MR) is 78.4 cm³/mol. The summed E-state index contributed by atoms with van der Waals surface area (Å²) in [6, 6.07) is 6.04. The molecule has 5 heteroatoms. The summed E-state index contributed by atoms with van der Waals surface area (Å²) >= 11 is 9.72. The monoisotopic (exact) mass is 327 g/mol. The molecule has 3 nitrogen and oxygen atoms in total. The van der Waals surface area contributed by atoms with E-state index in [2.05, 4.69) is 21.0 Å². The number of nitrogens with two attached hydrogens (primary N) is 1. The minimum atomic E-state index is 0.0133. The van der Waals surface area contributed by atoms with E-state index in [1.54, 1.807) is 0 Å². The molecule has 0 amide bonds. The Morgan fingerprint density at radius 1 is 1.39 bits per heavy atom. The molecule has 0 radical (unpaired) electrons. The third-order valence-corrected chi connectivity index (χ3v) is 4.11. The number of aromatic nitrogens is 2. The van der Waals surface area contributed by atoms with Gasteiger partial charge in [0.1, 0.15) is 0 Å². The molecule has 0 spiro atoms. The Hall–Kier alpha value is -0.840. The van der Waals surface area contributed by atoms with Gasteiger partial charge in [-0.2, -0.15) is 5.10 Å². The highest BCUT2D eigenvalue weighted by Crippen LogP contribution is 2.28. The summed E-state index contributed by atoms with van der Waals surface area (Å²) in [5.41, 5.74) is 9.68. The summed E-state index contributed by atoms with van der Waals surface area (Å²) in [4.78, 5) is 0. The maximum atomic E-state index is 6.16. The van der Waals surface area contributed by atoms with E-state index < -0.39 is 0 Å². The van der Waals surface area contributed by atoms with Crippen LogP contribution in [0.15, 0.2) is 22.7 Å². The molecule has 0 unspecified atom stereocenters. The maximum absolute atomic E-state index is 6.16. The van der Waals surface area contributed by atoms with Gasteiger partial charge in [-0.25, -0.2) is 4.68 Å². The van der Waals surface area contributed by atoms with Crippen LogP contribution >= 0.6 is 27.5 Å². The van der Waals surface area contributed by atoms with E-state index in [0.29, 0.717) is 5.02 Å². The number of nitrogens with zero attached hydrogens (tertiary/aromatic N) is 2. The van der Waals surface area contributed by atoms with Crippen molar-refractivity contribution in [2.75, 3.05) is 0 Å². The standard InChI is InChI=1S/C13H15BrClN3/c1-7(16)10-4-5-12(11(14)6-10)18-9(3)13(15)8(2)17-18/h4-7H,16H2,1-3H3/t7-/m1/s1. The molecule has 1 heterocycles. The number of hydrogen-bond acceptors (Lipinski definition) is 2. The predicted octanol–water partition coefficient (Wildman–Crippen LogP) is 3.92. The number of halogens is 2. The van der Waals surface area contributed by atoms with Gasteiger partial charge in [-0.05, 0) is 54.4 Å². The second-order valence-electron chi connectivity index (χ2n) is 4.40. The van der Waals surface area contributed by atoms with Crippen molar-refractivity contribution >= 4 is 27.5 Å². The van der Waals surface area contributed by atoms with Gasteiger partial charge in [-0.3, -0.25) is 0 Å². The van der Waals surface area contributed by atoms with Crippen LogP contribution in [0.2, 0.25) is 5.02 Å². The molecule has 1 aromatic heterocycles. The van der Waals surface area contributed by atoms with Crippen LogP contribution in [0, 0.1) is 13.8 Å². The highest BCUT2D eigenvalue weighted by molar-refractivity contribution is 9.10. The summed E-state index contributed by atoms with van der Waals surface area (Å²) in [5, 5.41) is 5.15. The molecule has 1 aromatic carbocycles. The largest absolute Gasteiger partial charge is 0.324 e. The molecule has 0 aliphatic heterocycles. The van der Waals surface area contributed by atoms with Crippen LogP contribution in [0.1, 0.15) is 29.9 Å². The van der Waals surface area contributed by atoms with Crippen LogP contribution < -0.4 is 5.73 Å². The first kappa shape index (κ1) is 13.6. The van der Waals surface area contributed by atoms with Crippen LogP contribution in [-0.4, -0.2) is 9.78 Å². The van der Waals surface area contributed by atoms with Crippen molar-refractivity contribution in [3.8, 4) is 5.69 Å². The summed E-state index contributed by atoms with van der Waals surface area (Å²) in [5.74, 6) is 0. The van der Waals surface area contributed by atoms with Gasteiger partial charge in [0.15, 0.2) is 0 Å². The summed E-state index contributed by atoms with van der Waals surface area (Å²) in [7, 11) is 0. The second-order valence-corrected chi connectivity index (χ2v) is 5.63. The summed E-state index contributed by atoms with van der Waals surface area (Å²) < 4.78 is 2.80. The van der Waals surface area contributed by atoms with Crippen molar-refractivity contribution in [3.63, 3.8) is 0 Å². The Balaban J connectivity index is 2.54. The highest BCUT2D eigenvalue weighted by atomic mass is 79.9. The van der Waals surface area contributed by atoms with Gasteiger partial charge in [-0.1, -0.05) is 17.7 Å². The van der Waals surface area contributed by atoms with Gasteiger partial charge in [0.2, 0.25) is 0 Å². The molecule has 0 fully saturated rings. The zero-order chi connectivity index (χ0) is 13.4. The van der Waals surface area contributed by atoms with Crippen molar-refractivity contribution in [1.82, 2.24) is 9.78 Å². The number of rotatable bonds is 2. The molecule has 2 N–H and O–H groups in total. The van der Waals surface area contributed by atoms with E-state index in [9.17, 15) is 0 Å². The fourth-order valence-corrected chi connectivity index (χ4v) is 2.52. The zero-order valence-electron chi connectivity index (χ0n) is 10.5. The Bertz CT molecular complexity index is 590. The molecule has 0 bridgehead atoms. The third-order valence-electron chi connectivity index (χ3n) is 2.93. The lowest BCUT2D eigenvalue weighted by atomic mass is 10.1. The molecule has 0 saturated heterocycles. The van der Waals surface area contributed by atoms with Crippen molar-refractivity contribution in [1.29, 1.82) is 0 Å². The average molecular weight is 329 g/mol. The lowest BCUT2D eigenvalue weighted by Crippen LogP contribution is -2.06. The Labute approximate surface area is 120 Å². The van der Waals surface area contributed by atoms with E-state index in [0.717, 1.165) is 27.1 Å². The highest BCUT2D eigenvalue weighted by Gasteiger charge is 2.13. The lowest BCUT2D eigenvalue weighted by molar-refractivity contribution is 0.805. The lowest BCUT2D eigenvalue weighted by Gasteiger charge is -2.11. The molecule has 0 saturated carbocycles. The molecular formula is C13H15BrClN3. The summed E-state index contributed by atoms with van der Waals surface area (Å²) in [6.07, 6.45) is 0. The van der Waals surface area contributed by atoms with Gasteiger partial charge in [0.05, 0.1) is 22.1 Å². The molecule has 2 rings (SSSR count). The fourth-order valence-electron chi connectivity index (χ4n) is 1.84. The Kier molecular flexibility index (Phi) is 3.80. The summed E-state index contributed by atoms with van der Waals surface area (Å²) in [6.45, 7) is 5.81. The van der Waals surface area contributed by atoms with Crippen LogP contribution in [0.5, 0.6) is 0 Å². The van der Waals surface area contributed by atoms with Crippen LogP contribution in [0.3, 0.4) is 0 Å². The first-order valence-electron chi connectivity index (χ1n) is 5.69. The van der Waals surface area contributed by atoms with Crippen molar-refractivity contribution in [2.24, 2.45) is 5.73 Å². The van der Waals surface area contributed by atoms with E-state index in [-0.39, 0.29) is 6.04 Å². The van der Waals surface area contributed by atoms with E-state index in [1.165, 1.54) is 0 Å². The van der Waals surface area contributed by atoms with Crippen LogP contribution in [0.25, 0.3) is 5.69 Å². The minimum Gasteiger partial charge on any atom is -0.324 e. The van der Waals surface area contributed by atoms with Crippen molar-refractivity contribution in [2.45, 2.75) is 26.8 Å². The molecule has 2 aromatic rings. The van der Waals surface area contributed by atoms with Gasteiger partial charge in [0, 0.05) is 10.5 Å². The topological polar surface area (TPSA) is 43.8 Å². The first-order chi connectivity index (χ1) is 8.41. The fraction of sp³-hybridized carbons (Fsp3) is 0.308. The maximum Gasteiger partial charge on any atom is 0.0848 e.